The van der Waals surface area contributed by atoms with Crippen molar-refractivity contribution in [3.8, 4) is 0 Å². The second kappa shape index (κ2) is 8.09. The molecule has 5 heteroatoms. The number of ketones is 1. The maximum absolute atomic E-state index is 12.1. The standard InChI is InChI=1S/C15H18O5/c1-3-19-14(17)10-9-13(16)11-7-5-6-8-12(11)15(18)20-4-2/h5-8H,3-4,9-10H2,1-2H3. The third-order valence-corrected chi connectivity index (χ3v) is 2.58. The third-order valence-electron chi connectivity index (χ3n) is 2.58. The normalized spacial score (nSPS) is 9.90. The minimum Gasteiger partial charge on any atom is -0.466 e. The van der Waals surface area contributed by atoms with Gasteiger partial charge in [-0.3, -0.25) is 9.59 Å². The second-order valence-corrected chi connectivity index (χ2v) is 3.99. The van der Waals surface area contributed by atoms with Crippen LogP contribution in [0.15, 0.2) is 24.3 Å². The van der Waals surface area contributed by atoms with Crippen molar-refractivity contribution in [2.45, 2.75) is 26.7 Å². The highest BCUT2D eigenvalue weighted by molar-refractivity contribution is 6.06. The fourth-order valence-electron chi connectivity index (χ4n) is 1.70. The number of carbonyl (C=O) groups excluding carboxylic acids is 3. The van der Waals surface area contributed by atoms with E-state index in [1.54, 1.807) is 32.0 Å². The van der Waals surface area contributed by atoms with E-state index in [1.165, 1.54) is 6.07 Å². The molecule has 0 radical (unpaired) electrons. The van der Waals surface area contributed by atoms with Gasteiger partial charge in [0.05, 0.1) is 25.2 Å². The van der Waals surface area contributed by atoms with Gasteiger partial charge >= 0.3 is 11.9 Å². The van der Waals surface area contributed by atoms with Crippen LogP contribution in [0.3, 0.4) is 0 Å². The molecule has 108 valence electrons. The number of esters is 2. The Labute approximate surface area is 117 Å². The molecule has 0 N–H and O–H groups in total. The Morgan fingerprint density at radius 2 is 1.50 bits per heavy atom. The number of rotatable bonds is 7. The van der Waals surface area contributed by atoms with Gasteiger partial charge in [0.25, 0.3) is 0 Å². The van der Waals surface area contributed by atoms with E-state index in [1.807, 2.05) is 0 Å². The fraction of sp³-hybridized carbons (Fsp3) is 0.400. The summed E-state index contributed by atoms with van der Waals surface area (Å²) in [6, 6.07) is 6.42. The number of hydrogen-bond donors (Lipinski definition) is 0. The van der Waals surface area contributed by atoms with Gasteiger partial charge in [-0.2, -0.15) is 0 Å². The van der Waals surface area contributed by atoms with Gasteiger partial charge < -0.3 is 9.47 Å². The highest BCUT2D eigenvalue weighted by Gasteiger charge is 2.18. The lowest BCUT2D eigenvalue weighted by Gasteiger charge is -2.07. The average Bonchev–Trinajstić information content (AvgIpc) is 2.45. The largest absolute Gasteiger partial charge is 0.466 e. The van der Waals surface area contributed by atoms with Crippen LogP contribution < -0.4 is 0 Å². The van der Waals surface area contributed by atoms with E-state index in [0.29, 0.717) is 0 Å². The van der Waals surface area contributed by atoms with E-state index < -0.39 is 11.9 Å². The van der Waals surface area contributed by atoms with Crippen molar-refractivity contribution in [2.75, 3.05) is 13.2 Å². The summed E-state index contributed by atoms with van der Waals surface area (Å²) in [5.74, 6) is -1.23. The highest BCUT2D eigenvalue weighted by atomic mass is 16.5. The molecule has 1 rings (SSSR count). The number of carbonyl (C=O) groups is 3. The van der Waals surface area contributed by atoms with Gasteiger partial charge in [-0.25, -0.2) is 4.79 Å². The molecule has 0 saturated carbocycles. The maximum atomic E-state index is 12.1. The first kappa shape index (κ1) is 15.9. The van der Waals surface area contributed by atoms with Crippen LogP contribution in [-0.4, -0.2) is 30.9 Å². The molecule has 0 bridgehead atoms. The zero-order chi connectivity index (χ0) is 15.0. The Balaban J connectivity index is 2.77. The minimum absolute atomic E-state index is 0.00380. The van der Waals surface area contributed by atoms with E-state index in [2.05, 4.69) is 0 Å². The predicted octanol–water partition coefficient (Wildman–Crippen LogP) is 2.39. The van der Waals surface area contributed by atoms with Gasteiger partial charge in [0.1, 0.15) is 0 Å². The van der Waals surface area contributed by atoms with Crippen molar-refractivity contribution in [3.63, 3.8) is 0 Å². The lowest BCUT2D eigenvalue weighted by Crippen LogP contribution is -2.13. The molecule has 0 aliphatic carbocycles. The van der Waals surface area contributed by atoms with Crippen LogP contribution >= 0.6 is 0 Å². The van der Waals surface area contributed by atoms with Crippen LogP contribution in [0.25, 0.3) is 0 Å². The molecule has 0 saturated heterocycles. The third kappa shape index (κ3) is 4.50. The minimum atomic E-state index is -0.535. The van der Waals surface area contributed by atoms with Gasteiger partial charge in [-0.15, -0.1) is 0 Å². The SMILES string of the molecule is CCOC(=O)CCC(=O)c1ccccc1C(=O)OCC. The van der Waals surface area contributed by atoms with Gasteiger partial charge in [0.15, 0.2) is 5.78 Å². The Morgan fingerprint density at radius 3 is 2.10 bits per heavy atom. The molecule has 0 amide bonds. The first-order valence-corrected chi connectivity index (χ1v) is 6.55. The molecule has 0 spiro atoms. The Hall–Kier alpha value is -2.17. The van der Waals surface area contributed by atoms with Crippen molar-refractivity contribution in [1.82, 2.24) is 0 Å². The summed E-state index contributed by atoms with van der Waals surface area (Å²) in [7, 11) is 0. The highest BCUT2D eigenvalue weighted by Crippen LogP contribution is 2.14. The zero-order valence-corrected chi connectivity index (χ0v) is 11.7. The van der Waals surface area contributed by atoms with Gasteiger partial charge in [0.2, 0.25) is 0 Å². The molecule has 20 heavy (non-hydrogen) atoms. The smallest absolute Gasteiger partial charge is 0.338 e. The summed E-state index contributed by atoms with van der Waals surface area (Å²) in [6.45, 7) is 3.93. The summed E-state index contributed by atoms with van der Waals surface area (Å²) in [5, 5.41) is 0. The molecule has 0 aromatic heterocycles. The van der Waals surface area contributed by atoms with Crippen LogP contribution in [0, 0.1) is 0 Å². The quantitative estimate of drug-likeness (QED) is 0.565. The number of Topliss-reactive ketones (excluding diaryl/α,β-unsaturated/α-hetero) is 1. The number of hydrogen-bond acceptors (Lipinski definition) is 5. The molecule has 0 unspecified atom stereocenters. The summed E-state index contributed by atoms with van der Waals surface area (Å²) < 4.78 is 9.66. The molecule has 5 nitrogen and oxygen atoms in total. The second-order valence-electron chi connectivity index (χ2n) is 3.99. The van der Waals surface area contributed by atoms with Crippen molar-refractivity contribution in [1.29, 1.82) is 0 Å². The van der Waals surface area contributed by atoms with Crippen molar-refractivity contribution >= 4 is 17.7 Å². The first-order valence-electron chi connectivity index (χ1n) is 6.55. The van der Waals surface area contributed by atoms with Gasteiger partial charge in [-0.05, 0) is 19.9 Å². The summed E-state index contributed by atoms with van der Waals surface area (Å²) >= 11 is 0. The molecule has 0 heterocycles. The maximum Gasteiger partial charge on any atom is 0.338 e. The van der Waals surface area contributed by atoms with Crippen LogP contribution in [0.1, 0.15) is 47.4 Å². The van der Waals surface area contributed by atoms with E-state index in [9.17, 15) is 14.4 Å². The number of ether oxygens (including phenoxy) is 2. The van der Waals surface area contributed by atoms with Crippen molar-refractivity contribution in [2.24, 2.45) is 0 Å². The molecule has 1 aromatic carbocycles. The van der Waals surface area contributed by atoms with Crippen LogP contribution in [0.5, 0.6) is 0 Å². The summed E-state index contributed by atoms with van der Waals surface area (Å²) in [4.78, 5) is 35.0. The van der Waals surface area contributed by atoms with E-state index in [4.69, 9.17) is 9.47 Å². The monoisotopic (exact) mass is 278 g/mol. The molecule has 1 aromatic rings. The summed E-state index contributed by atoms with van der Waals surface area (Å²) in [6.07, 6.45) is 0.0130. The van der Waals surface area contributed by atoms with Gasteiger partial charge in [0, 0.05) is 12.0 Å². The zero-order valence-electron chi connectivity index (χ0n) is 11.7. The predicted molar refractivity (Wildman–Crippen MR) is 72.6 cm³/mol. The van der Waals surface area contributed by atoms with E-state index >= 15 is 0 Å². The van der Waals surface area contributed by atoms with Crippen LogP contribution in [0.2, 0.25) is 0 Å². The topological polar surface area (TPSA) is 69.7 Å². The van der Waals surface area contributed by atoms with Crippen LogP contribution in [-0.2, 0) is 14.3 Å². The van der Waals surface area contributed by atoms with Crippen LogP contribution in [0.4, 0.5) is 0 Å². The Morgan fingerprint density at radius 1 is 0.900 bits per heavy atom. The lowest BCUT2D eigenvalue weighted by atomic mass is 10.0. The average molecular weight is 278 g/mol. The fourth-order valence-corrected chi connectivity index (χ4v) is 1.70. The molecule has 0 fully saturated rings. The van der Waals surface area contributed by atoms with Crippen molar-refractivity contribution in [3.05, 3.63) is 35.4 Å². The molecular formula is C15H18O5. The Kier molecular flexibility index (Phi) is 6.43. The first-order chi connectivity index (χ1) is 9.60. The Bertz CT molecular complexity index is 493. The molecular weight excluding hydrogens is 260 g/mol. The molecule has 0 atom stereocenters. The number of benzene rings is 1. The van der Waals surface area contributed by atoms with E-state index in [-0.39, 0.29) is 43.0 Å². The van der Waals surface area contributed by atoms with E-state index in [0.717, 1.165) is 0 Å². The lowest BCUT2D eigenvalue weighted by molar-refractivity contribution is -0.143. The van der Waals surface area contributed by atoms with Gasteiger partial charge in [-0.1, -0.05) is 18.2 Å². The molecule has 0 aliphatic rings. The molecule has 0 aliphatic heterocycles. The summed E-state index contributed by atoms with van der Waals surface area (Å²) in [5.41, 5.74) is 0.499. The van der Waals surface area contributed by atoms with Crippen molar-refractivity contribution < 1.29 is 23.9 Å².